The van der Waals surface area contributed by atoms with Crippen LogP contribution in [0.2, 0.25) is 0 Å². The summed E-state index contributed by atoms with van der Waals surface area (Å²) in [4.78, 5) is 19.9. The zero-order valence-corrected chi connectivity index (χ0v) is 17.3. The van der Waals surface area contributed by atoms with Crippen LogP contribution >= 0.6 is 0 Å². The number of nitrogens with zero attached hydrogens (tertiary/aromatic N) is 4. The molecule has 1 N–H and O–H groups in total. The van der Waals surface area contributed by atoms with Crippen LogP contribution in [-0.4, -0.2) is 43.6 Å². The summed E-state index contributed by atoms with van der Waals surface area (Å²) >= 11 is 0. The smallest absolute Gasteiger partial charge is 0.271 e. The third-order valence-electron chi connectivity index (χ3n) is 6.05. The highest BCUT2D eigenvalue weighted by atomic mass is 16.2. The van der Waals surface area contributed by atoms with Crippen LogP contribution in [0, 0.1) is 6.92 Å². The monoisotopic (exact) mass is 399 g/mol. The molecule has 0 spiro atoms. The molecule has 2 aromatic heterocycles. The molecule has 0 bridgehead atoms. The first kappa shape index (κ1) is 18.6. The number of imidazole rings is 1. The first-order valence-electron chi connectivity index (χ1n) is 10.4. The number of carbonyl (C=O) groups is 1. The first-order chi connectivity index (χ1) is 14.6. The van der Waals surface area contributed by atoms with Gasteiger partial charge in [-0.05, 0) is 38.0 Å². The molecule has 1 saturated heterocycles. The second kappa shape index (κ2) is 7.44. The summed E-state index contributed by atoms with van der Waals surface area (Å²) in [6.07, 6.45) is 2.01. The third-order valence-corrected chi connectivity index (χ3v) is 6.05. The minimum absolute atomic E-state index is 0.00401. The van der Waals surface area contributed by atoms with E-state index in [4.69, 9.17) is 4.98 Å². The maximum atomic E-state index is 13.2. The van der Waals surface area contributed by atoms with E-state index >= 15 is 0 Å². The SMILES string of the molecule is Cc1ccc(-c2cc(C(=O)N3CCC[C@H](c4nc5ccccc5n4C)C3)[nH]n2)cc1. The summed E-state index contributed by atoms with van der Waals surface area (Å²) in [5.41, 5.74) is 5.68. The molecule has 30 heavy (non-hydrogen) atoms. The van der Waals surface area contributed by atoms with Crippen LogP contribution in [0.25, 0.3) is 22.3 Å². The number of nitrogens with one attached hydrogen (secondary N) is 1. The molecule has 6 nitrogen and oxygen atoms in total. The van der Waals surface area contributed by atoms with Crippen molar-refractivity contribution in [3.63, 3.8) is 0 Å². The van der Waals surface area contributed by atoms with E-state index in [0.717, 1.165) is 47.5 Å². The third kappa shape index (κ3) is 3.28. The standard InChI is InChI=1S/C24H25N5O/c1-16-9-11-17(12-10-16)20-14-21(27-26-20)24(30)29-13-5-6-18(15-29)23-25-19-7-3-4-8-22(19)28(23)2/h3-4,7-12,14,18H,5-6,13,15H2,1-2H3,(H,26,27)/t18-/m0/s1. The predicted octanol–water partition coefficient (Wildman–Crippen LogP) is 4.29. The van der Waals surface area contributed by atoms with Crippen LogP contribution in [0.4, 0.5) is 0 Å². The Morgan fingerprint density at radius 3 is 2.73 bits per heavy atom. The molecule has 4 aromatic rings. The molecule has 1 aliphatic rings. The number of hydrogen-bond donors (Lipinski definition) is 1. The second-order valence-electron chi connectivity index (χ2n) is 8.14. The zero-order chi connectivity index (χ0) is 20.7. The number of para-hydroxylation sites is 2. The van der Waals surface area contributed by atoms with E-state index < -0.39 is 0 Å². The highest BCUT2D eigenvalue weighted by Gasteiger charge is 2.29. The molecule has 1 fully saturated rings. The molecule has 0 saturated carbocycles. The number of rotatable bonds is 3. The van der Waals surface area contributed by atoms with Gasteiger partial charge in [0.1, 0.15) is 11.5 Å². The Labute approximate surface area is 175 Å². The van der Waals surface area contributed by atoms with Crippen molar-refractivity contribution in [1.82, 2.24) is 24.6 Å². The fraction of sp³-hybridized carbons (Fsp3) is 0.292. The Morgan fingerprint density at radius 1 is 1.13 bits per heavy atom. The van der Waals surface area contributed by atoms with Crippen molar-refractivity contribution in [3.05, 3.63) is 71.7 Å². The Balaban J connectivity index is 1.36. The first-order valence-corrected chi connectivity index (χ1v) is 10.4. The molecule has 1 atom stereocenters. The molecular weight excluding hydrogens is 374 g/mol. The summed E-state index contributed by atoms with van der Waals surface area (Å²) in [5, 5.41) is 7.30. The normalized spacial score (nSPS) is 16.9. The molecule has 152 valence electrons. The number of hydrogen-bond acceptors (Lipinski definition) is 3. The van der Waals surface area contributed by atoms with Crippen LogP contribution in [0.5, 0.6) is 0 Å². The molecule has 0 unspecified atom stereocenters. The Morgan fingerprint density at radius 2 is 1.93 bits per heavy atom. The van der Waals surface area contributed by atoms with E-state index in [1.165, 1.54) is 5.56 Å². The highest BCUT2D eigenvalue weighted by molar-refractivity contribution is 5.93. The van der Waals surface area contributed by atoms with Crippen molar-refractivity contribution in [1.29, 1.82) is 0 Å². The van der Waals surface area contributed by atoms with Crippen LogP contribution in [0.1, 0.15) is 40.6 Å². The summed E-state index contributed by atoms with van der Waals surface area (Å²) in [5.74, 6) is 1.29. The Kier molecular flexibility index (Phi) is 4.62. The highest BCUT2D eigenvalue weighted by Crippen LogP contribution is 2.29. The minimum Gasteiger partial charge on any atom is -0.337 e. The number of fused-ring (bicyclic) bond motifs is 1. The van der Waals surface area contributed by atoms with Gasteiger partial charge >= 0.3 is 0 Å². The topological polar surface area (TPSA) is 66.8 Å². The quantitative estimate of drug-likeness (QED) is 0.559. The number of aryl methyl sites for hydroxylation is 2. The number of H-pyrrole nitrogens is 1. The van der Waals surface area contributed by atoms with Gasteiger partial charge in [-0.3, -0.25) is 9.89 Å². The molecule has 0 aliphatic carbocycles. The number of benzene rings is 2. The molecule has 0 radical (unpaired) electrons. The Hall–Kier alpha value is -3.41. The van der Waals surface area contributed by atoms with Crippen LogP contribution in [0.15, 0.2) is 54.6 Å². The van der Waals surface area contributed by atoms with E-state index in [0.29, 0.717) is 12.2 Å². The lowest BCUT2D eigenvalue weighted by atomic mass is 9.97. The zero-order valence-electron chi connectivity index (χ0n) is 17.3. The molecule has 3 heterocycles. The molecule has 5 rings (SSSR count). The Bertz CT molecular complexity index is 1200. The van der Waals surface area contributed by atoms with Gasteiger partial charge in [-0.1, -0.05) is 42.0 Å². The largest absolute Gasteiger partial charge is 0.337 e. The summed E-state index contributed by atoms with van der Waals surface area (Å²) in [6.45, 7) is 3.49. The van der Waals surface area contributed by atoms with Gasteiger partial charge in [-0.25, -0.2) is 4.98 Å². The van der Waals surface area contributed by atoms with Crippen molar-refractivity contribution >= 4 is 16.9 Å². The number of carbonyl (C=O) groups excluding carboxylic acids is 1. The average molecular weight is 399 g/mol. The fourth-order valence-corrected chi connectivity index (χ4v) is 4.38. The fourth-order valence-electron chi connectivity index (χ4n) is 4.38. The van der Waals surface area contributed by atoms with Gasteiger partial charge in [0.05, 0.1) is 16.7 Å². The maximum absolute atomic E-state index is 13.2. The number of aromatic amines is 1. The van der Waals surface area contributed by atoms with Crippen LogP contribution < -0.4 is 0 Å². The van der Waals surface area contributed by atoms with E-state index in [-0.39, 0.29) is 11.8 Å². The summed E-state index contributed by atoms with van der Waals surface area (Å²) in [6, 6.07) is 18.2. The van der Waals surface area contributed by atoms with Gasteiger partial charge < -0.3 is 9.47 Å². The number of aromatic nitrogens is 4. The van der Waals surface area contributed by atoms with Gasteiger partial charge in [0.2, 0.25) is 0 Å². The predicted molar refractivity (Wildman–Crippen MR) is 117 cm³/mol. The molecule has 6 heteroatoms. The lowest BCUT2D eigenvalue weighted by Crippen LogP contribution is -2.39. The number of piperidine rings is 1. The van der Waals surface area contributed by atoms with Crippen LogP contribution in [-0.2, 0) is 7.05 Å². The van der Waals surface area contributed by atoms with Crippen molar-refractivity contribution in [2.75, 3.05) is 13.1 Å². The van der Waals surface area contributed by atoms with Crippen molar-refractivity contribution in [3.8, 4) is 11.3 Å². The van der Waals surface area contributed by atoms with E-state index in [9.17, 15) is 4.79 Å². The number of likely N-dealkylation sites (tertiary alicyclic amines) is 1. The second-order valence-corrected chi connectivity index (χ2v) is 8.14. The number of amides is 1. The lowest BCUT2D eigenvalue weighted by Gasteiger charge is -2.32. The lowest BCUT2D eigenvalue weighted by molar-refractivity contribution is 0.0697. The summed E-state index contributed by atoms with van der Waals surface area (Å²) < 4.78 is 2.17. The minimum atomic E-state index is 0.00401. The van der Waals surface area contributed by atoms with Crippen molar-refractivity contribution in [2.24, 2.45) is 7.05 Å². The summed E-state index contributed by atoms with van der Waals surface area (Å²) in [7, 11) is 2.06. The van der Waals surface area contributed by atoms with Gasteiger partial charge in [0.25, 0.3) is 5.91 Å². The molecule has 1 aliphatic heterocycles. The molecule has 2 aromatic carbocycles. The van der Waals surface area contributed by atoms with Gasteiger partial charge in [0, 0.05) is 31.6 Å². The maximum Gasteiger partial charge on any atom is 0.271 e. The van der Waals surface area contributed by atoms with Gasteiger partial charge in [-0.2, -0.15) is 5.10 Å². The van der Waals surface area contributed by atoms with Crippen molar-refractivity contribution in [2.45, 2.75) is 25.7 Å². The van der Waals surface area contributed by atoms with Crippen LogP contribution in [0.3, 0.4) is 0 Å². The average Bonchev–Trinajstić information content (AvgIpc) is 3.40. The van der Waals surface area contributed by atoms with E-state index in [1.807, 2.05) is 41.3 Å². The van der Waals surface area contributed by atoms with E-state index in [2.05, 4.69) is 46.9 Å². The van der Waals surface area contributed by atoms with Gasteiger partial charge in [0.15, 0.2) is 0 Å². The van der Waals surface area contributed by atoms with Gasteiger partial charge in [-0.15, -0.1) is 0 Å². The van der Waals surface area contributed by atoms with E-state index in [1.54, 1.807) is 0 Å². The van der Waals surface area contributed by atoms with Crippen molar-refractivity contribution < 1.29 is 4.79 Å². The molecule has 1 amide bonds. The molecular formula is C24H25N5O.